The highest BCUT2D eigenvalue weighted by Gasteiger charge is 2.48. The number of aromatic nitrogens is 1. The van der Waals surface area contributed by atoms with Gasteiger partial charge in [0.15, 0.2) is 5.82 Å². The fourth-order valence-corrected chi connectivity index (χ4v) is 4.03. The fourth-order valence-electron chi connectivity index (χ4n) is 3.61. The summed E-state index contributed by atoms with van der Waals surface area (Å²) in [6, 6.07) is 14.7. The van der Waals surface area contributed by atoms with Crippen LogP contribution in [0.25, 0.3) is 5.76 Å². The fraction of sp³-hybridized carbons (Fsp3) is 0.208. The zero-order valence-electron chi connectivity index (χ0n) is 17.5. The van der Waals surface area contributed by atoms with Crippen LogP contribution >= 0.6 is 15.9 Å². The first kappa shape index (κ1) is 21.8. The van der Waals surface area contributed by atoms with Crippen LogP contribution in [0.5, 0.6) is 5.75 Å². The number of ether oxygens (including phenoxy) is 1. The van der Waals surface area contributed by atoms with Gasteiger partial charge in [-0.05, 0) is 55.3 Å². The van der Waals surface area contributed by atoms with E-state index >= 15 is 0 Å². The summed E-state index contributed by atoms with van der Waals surface area (Å²) in [5.41, 5.74) is 1.03. The molecule has 1 aliphatic heterocycles. The summed E-state index contributed by atoms with van der Waals surface area (Å²) < 4.78 is 11.5. The van der Waals surface area contributed by atoms with Gasteiger partial charge < -0.3 is 14.4 Å². The number of benzene rings is 2. The molecule has 0 spiro atoms. The lowest BCUT2D eigenvalue weighted by atomic mass is 9.95. The third-order valence-electron chi connectivity index (χ3n) is 5.07. The highest BCUT2D eigenvalue weighted by molar-refractivity contribution is 9.10. The van der Waals surface area contributed by atoms with E-state index < -0.39 is 17.7 Å². The number of hydrogen-bond acceptors (Lipinski definition) is 6. The van der Waals surface area contributed by atoms with Gasteiger partial charge in [0.1, 0.15) is 17.3 Å². The first-order valence-electron chi connectivity index (χ1n) is 10.1. The molecule has 0 bridgehead atoms. The Balaban J connectivity index is 1.84. The largest absolute Gasteiger partial charge is 0.507 e. The maximum atomic E-state index is 13.1. The van der Waals surface area contributed by atoms with Crippen molar-refractivity contribution in [2.75, 3.05) is 11.5 Å². The van der Waals surface area contributed by atoms with E-state index in [-0.39, 0.29) is 17.2 Å². The molecule has 1 saturated heterocycles. The highest BCUT2D eigenvalue weighted by atomic mass is 79.9. The molecular formula is C24H21BrN2O5. The number of anilines is 1. The van der Waals surface area contributed by atoms with Crippen LogP contribution in [0.15, 0.2) is 69.2 Å². The molecule has 2 heterocycles. The molecule has 0 saturated carbocycles. The molecule has 0 aliphatic carbocycles. The molecule has 8 heteroatoms. The van der Waals surface area contributed by atoms with Crippen LogP contribution in [0.3, 0.4) is 0 Å². The zero-order valence-corrected chi connectivity index (χ0v) is 19.1. The van der Waals surface area contributed by atoms with E-state index in [1.165, 1.54) is 4.90 Å². The van der Waals surface area contributed by atoms with Crippen LogP contribution in [0.2, 0.25) is 0 Å². The van der Waals surface area contributed by atoms with Crippen molar-refractivity contribution in [2.45, 2.75) is 26.3 Å². The Morgan fingerprint density at radius 1 is 1.19 bits per heavy atom. The number of amides is 1. The Hall–Kier alpha value is -3.39. The van der Waals surface area contributed by atoms with Crippen molar-refractivity contribution in [3.63, 3.8) is 0 Å². The average molecular weight is 497 g/mol. The number of hydrogen-bond donors (Lipinski definition) is 1. The SMILES string of the molecule is CCCOc1ccc(C(O)=C2C(=O)C(=O)N(c3cc(C)on3)C2c2cccc(Br)c2)cc1. The number of carbonyl (C=O) groups is 2. The van der Waals surface area contributed by atoms with Crippen LogP contribution in [0, 0.1) is 6.92 Å². The molecule has 0 radical (unpaired) electrons. The Morgan fingerprint density at radius 3 is 2.56 bits per heavy atom. The van der Waals surface area contributed by atoms with Gasteiger partial charge in [-0.2, -0.15) is 0 Å². The molecule has 7 nitrogen and oxygen atoms in total. The Morgan fingerprint density at radius 2 is 1.94 bits per heavy atom. The lowest BCUT2D eigenvalue weighted by Crippen LogP contribution is -2.29. The van der Waals surface area contributed by atoms with Gasteiger partial charge in [-0.25, -0.2) is 0 Å². The highest BCUT2D eigenvalue weighted by Crippen LogP contribution is 2.42. The number of aryl methyl sites for hydroxylation is 1. The second-order valence-electron chi connectivity index (χ2n) is 7.39. The number of carbonyl (C=O) groups excluding carboxylic acids is 2. The van der Waals surface area contributed by atoms with Crippen LogP contribution < -0.4 is 9.64 Å². The molecule has 1 N–H and O–H groups in total. The Kier molecular flexibility index (Phi) is 6.14. The van der Waals surface area contributed by atoms with Crippen molar-refractivity contribution in [2.24, 2.45) is 0 Å². The normalized spacial score (nSPS) is 17.7. The molecule has 164 valence electrons. The molecule has 3 aromatic rings. The minimum absolute atomic E-state index is 0.0176. The van der Waals surface area contributed by atoms with E-state index in [0.29, 0.717) is 29.2 Å². The summed E-state index contributed by atoms with van der Waals surface area (Å²) in [6.07, 6.45) is 0.874. The number of aliphatic hydroxyl groups excluding tert-OH is 1. The summed E-state index contributed by atoms with van der Waals surface area (Å²) in [5.74, 6) is -0.481. The number of ketones is 1. The molecule has 2 aromatic carbocycles. The van der Waals surface area contributed by atoms with Crippen molar-refractivity contribution < 1.29 is 24.0 Å². The van der Waals surface area contributed by atoms with Crippen molar-refractivity contribution >= 4 is 39.2 Å². The minimum Gasteiger partial charge on any atom is -0.507 e. The number of halogens is 1. The van der Waals surface area contributed by atoms with Gasteiger partial charge in [0.25, 0.3) is 5.78 Å². The summed E-state index contributed by atoms with van der Waals surface area (Å²) in [4.78, 5) is 27.4. The molecule has 1 unspecified atom stereocenters. The maximum Gasteiger partial charge on any atom is 0.301 e. The van der Waals surface area contributed by atoms with Gasteiger partial charge in [-0.1, -0.05) is 40.1 Å². The second-order valence-corrected chi connectivity index (χ2v) is 8.31. The molecule has 4 rings (SSSR count). The van der Waals surface area contributed by atoms with Gasteiger partial charge >= 0.3 is 5.91 Å². The molecule has 1 aromatic heterocycles. The first-order valence-corrected chi connectivity index (χ1v) is 10.9. The predicted octanol–water partition coefficient (Wildman–Crippen LogP) is 5.16. The van der Waals surface area contributed by atoms with Crippen LogP contribution in [0.4, 0.5) is 5.82 Å². The summed E-state index contributed by atoms with van der Waals surface area (Å²) in [5, 5.41) is 15.1. The van der Waals surface area contributed by atoms with Gasteiger partial charge in [-0.15, -0.1) is 0 Å². The lowest BCUT2D eigenvalue weighted by Gasteiger charge is -2.23. The van der Waals surface area contributed by atoms with Crippen molar-refractivity contribution in [3.8, 4) is 5.75 Å². The van der Waals surface area contributed by atoms with E-state index in [4.69, 9.17) is 9.26 Å². The van der Waals surface area contributed by atoms with E-state index in [1.807, 2.05) is 13.0 Å². The van der Waals surface area contributed by atoms with Crippen LogP contribution in [0.1, 0.15) is 36.3 Å². The molecule has 1 fully saturated rings. The smallest absolute Gasteiger partial charge is 0.301 e. The van der Waals surface area contributed by atoms with Gasteiger partial charge in [0.05, 0.1) is 18.2 Å². The quantitative estimate of drug-likeness (QED) is 0.287. The number of Topliss-reactive ketones (excluding diaryl/α,β-unsaturated/α-hetero) is 1. The molecule has 1 aliphatic rings. The van der Waals surface area contributed by atoms with E-state index in [9.17, 15) is 14.7 Å². The Bertz CT molecular complexity index is 1200. The van der Waals surface area contributed by atoms with Crippen LogP contribution in [-0.4, -0.2) is 28.6 Å². The van der Waals surface area contributed by atoms with Crippen molar-refractivity contribution in [3.05, 3.63) is 81.5 Å². The second kappa shape index (κ2) is 9.00. The standard InChI is InChI=1S/C24H21BrN2O5/c1-3-11-31-18-9-7-15(8-10-18)22(28)20-21(16-5-4-6-17(25)13-16)27(24(30)23(20)29)19-12-14(2)32-26-19/h4-10,12-13,21,28H,3,11H2,1-2H3. The summed E-state index contributed by atoms with van der Waals surface area (Å²) in [6.45, 7) is 4.29. The summed E-state index contributed by atoms with van der Waals surface area (Å²) >= 11 is 3.44. The average Bonchev–Trinajstić information content (AvgIpc) is 3.33. The maximum absolute atomic E-state index is 13.1. The number of rotatable bonds is 6. The van der Waals surface area contributed by atoms with E-state index in [1.54, 1.807) is 55.5 Å². The van der Waals surface area contributed by atoms with Gasteiger partial charge in [0, 0.05) is 16.1 Å². The summed E-state index contributed by atoms with van der Waals surface area (Å²) in [7, 11) is 0. The molecular weight excluding hydrogens is 476 g/mol. The number of aliphatic hydroxyl groups is 1. The van der Waals surface area contributed by atoms with Gasteiger partial charge in [-0.3, -0.25) is 14.5 Å². The van der Waals surface area contributed by atoms with E-state index in [2.05, 4.69) is 21.1 Å². The molecule has 32 heavy (non-hydrogen) atoms. The van der Waals surface area contributed by atoms with Gasteiger partial charge in [0.2, 0.25) is 0 Å². The third kappa shape index (κ3) is 4.05. The predicted molar refractivity (Wildman–Crippen MR) is 122 cm³/mol. The zero-order chi connectivity index (χ0) is 22.8. The third-order valence-corrected chi connectivity index (χ3v) is 5.57. The lowest BCUT2D eigenvalue weighted by molar-refractivity contribution is -0.132. The topological polar surface area (TPSA) is 92.9 Å². The first-order chi connectivity index (χ1) is 15.4. The van der Waals surface area contributed by atoms with Crippen molar-refractivity contribution in [1.82, 2.24) is 5.16 Å². The monoisotopic (exact) mass is 496 g/mol. The minimum atomic E-state index is -0.868. The Labute approximate surface area is 193 Å². The molecule has 1 amide bonds. The van der Waals surface area contributed by atoms with Crippen LogP contribution in [-0.2, 0) is 9.59 Å². The van der Waals surface area contributed by atoms with E-state index in [0.717, 1.165) is 10.9 Å². The van der Waals surface area contributed by atoms with Crippen molar-refractivity contribution in [1.29, 1.82) is 0 Å². The number of nitrogens with zero attached hydrogens (tertiary/aromatic N) is 2. The molecule has 1 atom stereocenters.